The molecule has 1 aliphatic rings. The minimum Gasteiger partial charge on any atom is -0.489 e. The van der Waals surface area contributed by atoms with E-state index in [2.05, 4.69) is 32.4 Å². The number of nitrogens with zero attached hydrogens (tertiary/aromatic N) is 6. The molecule has 3 heterocycles. The fourth-order valence-electron chi connectivity index (χ4n) is 4.70. The van der Waals surface area contributed by atoms with Gasteiger partial charge in [0.15, 0.2) is 11.4 Å². The molecule has 43 heavy (non-hydrogen) atoms. The molecular formula is C31H18F4N6O2. The van der Waals surface area contributed by atoms with Gasteiger partial charge in [0, 0.05) is 34.0 Å². The highest BCUT2D eigenvalue weighted by molar-refractivity contribution is 5.64. The number of halogens is 4. The molecular weight excluding hydrogens is 564 g/mol. The van der Waals surface area contributed by atoms with Crippen molar-refractivity contribution in [1.29, 1.82) is 5.26 Å². The maximum Gasteiger partial charge on any atom is 0.323 e. The number of tetrazole rings is 1. The van der Waals surface area contributed by atoms with Gasteiger partial charge in [-0.25, -0.2) is 13.5 Å². The van der Waals surface area contributed by atoms with Crippen LogP contribution in [0.1, 0.15) is 33.5 Å². The third-order valence-corrected chi connectivity index (χ3v) is 6.96. The van der Waals surface area contributed by atoms with Crippen LogP contribution in [-0.4, -0.2) is 30.3 Å². The highest BCUT2D eigenvalue weighted by atomic mass is 19.3. The van der Waals surface area contributed by atoms with Gasteiger partial charge in [0.25, 0.3) is 0 Å². The molecule has 6 rings (SSSR count). The van der Waals surface area contributed by atoms with Crippen LogP contribution >= 0.6 is 0 Å². The van der Waals surface area contributed by atoms with Crippen molar-refractivity contribution in [2.24, 2.45) is 0 Å². The molecule has 1 unspecified atom stereocenters. The van der Waals surface area contributed by atoms with Crippen molar-refractivity contribution in [3.05, 3.63) is 124 Å². The number of alkyl halides is 2. The van der Waals surface area contributed by atoms with E-state index in [0.29, 0.717) is 22.4 Å². The third-order valence-electron chi connectivity index (χ3n) is 6.96. The van der Waals surface area contributed by atoms with Crippen LogP contribution < -0.4 is 4.74 Å². The molecule has 0 saturated carbocycles. The lowest BCUT2D eigenvalue weighted by molar-refractivity contribution is -0.207. The molecule has 12 heteroatoms. The minimum atomic E-state index is -3.91. The smallest absolute Gasteiger partial charge is 0.323 e. The number of aliphatic hydroxyl groups is 1. The molecule has 0 radical (unpaired) electrons. The second-order valence-corrected chi connectivity index (χ2v) is 9.70. The van der Waals surface area contributed by atoms with E-state index >= 15 is 8.78 Å². The summed E-state index contributed by atoms with van der Waals surface area (Å²) in [4.78, 5) is 3.89. The Morgan fingerprint density at radius 3 is 2.44 bits per heavy atom. The maximum atomic E-state index is 15.9. The summed E-state index contributed by atoms with van der Waals surface area (Å²) in [7, 11) is 0. The van der Waals surface area contributed by atoms with Gasteiger partial charge in [-0.05, 0) is 77.2 Å². The van der Waals surface area contributed by atoms with Crippen LogP contribution in [0.4, 0.5) is 17.6 Å². The Morgan fingerprint density at radius 1 is 0.953 bits per heavy atom. The van der Waals surface area contributed by atoms with E-state index in [4.69, 9.17) is 10.00 Å². The van der Waals surface area contributed by atoms with Crippen molar-refractivity contribution in [2.45, 2.75) is 24.7 Å². The molecule has 1 aliphatic heterocycles. The fraction of sp³-hybridized carbons (Fsp3) is 0.129. The number of nitriles is 1. The molecule has 0 spiro atoms. The Morgan fingerprint density at radius 2 is 1.70 bits per heavy atom. The second-order valence-electron chi connectivity index (χ2n) is 9.70. The predicted molar refractivity (Wildman–Crippen MR) is 143 cm³/mol. The van der Waals surface area contributed by atoms with Crippen LogP contribution in [0, 0.1) is 34.8 Å². The first-order valence-corrected chi connectivity index (χ1v) is 12.7. The average Bonchev–Trinajstić information content (AvgIpc) is 3.49. The lowest BCUT2D eigenvalue weighted by atomic mass is 9.80. The van der Waals surface area contributed by atoms with Crippen LogP contribution in [0.15, 0.2) is 79.0 Å². The predicted octanol–water partition coefficient (Wildman–Crippen LogP) is 4.86. The molecule has 212 valence electrons. The van der Waals surface area contributed by atoms with Crippen molar-refractivity contribution in [3.63, 3.8) is 0 Å². The summed E-state index contributed by atoms with van der Waals surface area (Å²) >= 11 is 0. The lowest BCUT2D eigenvalue weighted by Gasteiger charge is -2.39. The number of ether oxygens (including phenoxy) is 1. The second kappa shape index (κ2) is 10.7. The van der Waals surface area contributed by atoms with Gasteiger partial charge in [-0.1, -0.05) is 17.9 Å². The summed E-state index contributed by atoms with van der Waals surface area (Å²) in [5, 5.41) is 31.2. The topological polar surface area (TPSA) is 110 Å². The molecule has 3 aromatic carbocycles. The molecule has 0 amide bonds. The summed E-state index contributed by atoms with van der Waals surface area (Å²) in [5.74, 6) is 1.18. The van der Waals surface area contributed by atoms with Crippen LogP contribution in [0.3, 0.4) is 0 Å². The van der Waals surface area contributed by atoms with Gasteiger partial charge in [0.1, 0.15) is 29.7 Å². The van der Waals surface area contributed by atoms with E-state index in [1.165, 1.54) is 24.3 Å². The lowest BCUT2D eigenvalue weighted by Crippen LogP contribution is -2.49. The Hall–Kier alpha value is -5.59. The number of benzene rings is 3. The number of hydrogen-bond acceptors (Lipinski definition) is 7. The zero-order chi connectivity index (χ0) is 30.2. The number of aromatic nitrogens is 5. The molecule has 8 nitrogen and oxygen atoms in total. The van der Waals surface area contributed by atoms with Crippen molar-refractivity contribution < 1.29 is 27.4 Å². The molecule has 0 saturated heterocycles. The van der Waals surface area contributed by atoms with Gasteiger partial charge in [-0.2, -0.15) is 14.0 Å². The molecule has 5 aromatic rings. The highest BCUT2D eigenvalue weighted by Gasteiger charge is 2.59. The summed E-state index contributed by atoms with van der Waals surface area (Å²) < 4.78 is 66.3. The summed E-state index contributed by atoms with van der Waals surface area (Å²) in [6.07, 6.45) is 1.16. The van der Waals surface area contributed by atoms with Crippen LogP contribution in [0.25, 0.3) is 11.4 Å². The molecule has 0 fully saturated rings. The van der Waals surface area contributed by atoms with Crippen molar-refractivity contribution in [2.75, 3.05) is 0 Å². The van der Waals surface area contributed by atoms with E-state index in [0.717, 1.165) is 35.1 Å². The largest absolute Gasteiger partial charge is 0.489 e. The number of fused-ring (bicyclic) bond motifs is 3. The number of pyridine rings is 1. The standard InChI is InChI=1S/C31H18F4N6O2/c32-23-7-10-26-25(14-23)29-38-39-40-41(29)18-30(26,42)31(34,35)28-12-6-20(16-37-28)2-1-19-3-8-24(9-4-19)43-17-22-13-21(15-36)5-11-27(22)33/h3-14,16,42H,17-18H2. The van der Waals surface area contributed by atoms with Crippen LogP contribution in [0.5, 0.6) is 5.75 Å². The average molecular weight is 583 g/mol. The first-order chi connectivity index (χ1) is 20.7. The maximum absolute atomic E-state index is 15.9. The van der Waals surface area contributed by atoms with Crippen molar-refractivity contribution in [1.82, 2.24) is 25.2 Å². The summed E-state index contributed by atoms with van der Waals surface area (Å²) in [6, 6.07) is 18.1. The number of rotatable bonds is 5. The molecule has 2 aromatic heterocycles. The van der Waals surface area contributed by atoms with Gasteiger partial charge in [0.05, 0.1) is 18.2 Å². The first kappa shape index (κ1) is 27.6. The molecule has 1 atom stereocenters. The molecule has 0 aliphatic carbocycles. The Kier molecular flexibility index (Phi) is 6.84. The van der Waals surface area contributed by atoms with Gasteiger partial charge < -0.3 is 9.84 Å². The minimum absolute atomic E-state index is 0.0438. The van der Waals surface area contributed by atoms with E-state index in [9.17, 15) is 13.9 Å². The van der Waals surface area contributed by atoms with E-state index in [1.54, 1.807) is 24.3 Å². The summed E-state index contributed by atoms with van der Waals surface area (Å²) in [6.45, 7) is -0.741. The van der Waals surface area contributed by atoms with Crippen molar-refractivity contribution in [3.8, 4) is 35.0 Å². The zero-order valence-corrected chi connectivity index (χ0v) is 22.0. The van der Waals surface area contributed by atoms with E-state index < -0.39 is 35.4 Å². The van der Waals surface area contributed by atoms with E-state index in [1.807, 2.05) is 6.07 Å². The monoisotopic (exact) mass is 582 g/mol. The van der Waals surface area contributed by atoms with Gasteiger partial charge >= 0.3 is 5.92 Å². The molecule has 1 N–H and O–H groups in total. The van der Waals surface area contributed by atoms with Crippen LogP contribution in [0.2, 0.25) is 0 Å². The SMILES string of the molecule is N#Cc1ccc(F)c(COc2ccc(C#Cc3ccc(C(F)(F)C4(O)Cn5nnnc5-c5cc(F)ccc54)nc3)cc2)c1. The molecule has 0 bridgehead atoms. The van der Waals surface area contributed by atoms with E-state index in [-0.39, 0.29) is 29.1 Å². The van der Waals surface area contributed by atoms with Gasteiger partial charge in [0.2, 0.25) is 0 Å². The fourth-order valence-corrected chi connectivity index (χ4v) is 4.70. The highest BCUT2D eigenvalue weighted by Crippen LogP contribution is 2.50. The third kappa shape index (κ3) is 5.05. The van der Waals surface area contributed by atoms with Gasteiger partial charge in [-0.15, -0.1) is 5.10 Å². The first-order valence-electron chi connectivity index (χ1n) is 12.7. The Bertz CT molecular complexity index is 1940. The van der Waals surface area contributed by atoms with Gasteiger partial charge in [-0.3, -0.25) is 4.98 Å². The quantitative estimate of drug-likeness (QED) is 0.233. The Labute approximate surface area is 241 Å². The number of hydrogen-bond donors (Lipinski definition) is 1. The van der Waals surface area contributed by atoms with Crippen molar-refractivity contribution >= 4 is 0 Å². The summed E-state index contributed by atoms with van der Waals surface area (Å²) in [5.41, 5.74) is -2.29. The Balaban J connectivity index is 1.17. The normalized spacial score (nSPS) is 15.4. The van der Waals surface area contributed by atoms with Crippen LogP contribution in [-0.2, 0) is 24.7 Å². The zero-order valence-electron chi connectivity index (χ0n) is 22.0.